The summed E-state index contributed by atoms with van der Waals surface area (Å²) in [5.74, 6) is -1.40. The van der Waals surface area contributed by atoms with Crippen molar-refractivity contribution >= 4 is 23.6 Å². The van der Waals surface area contributed by atoms with Gasteiger partial charge in [0.05, 0.1) is 19.8 Å². The molecule has 1 aliphatic heterocycles. The molecule has 25 heavy (non-hydrogen) atoms. The van der Waals surface area contributed by atoms with Gasteiger partial charge in [0.1, 0.15) is 6.54 Å². The number of carboxylic acids is 1. The molecule has 7 heteroatoms. The SMILES string of the molecule is COCCN(CC(=O)O)C(=O)/C=C/c1ccc(N2CCOCC2)cc1. The van der Waals surface area contributed by atoms with Crippen molar-refractivity contribution in [3.63, 3.8) is 0 Å². The number of carbonyl (C=O) groups excluding carboxylic acids is 1. The van der Waals surface area contributed by atoms with E-state index < -0.39 is 5.97 Å². The molecule has 0 aromatic heterocycles. The molecule has 1 saturated heterocycles. The van der Waals surface area contributed by atoms with Crippen LogP contribution in [-0.2, 0) is 19.1 Å². The lowest BCUT2D eigenvalue weighted by Gasteiger charge is -2.28. The first-order valence-electron chi connectivity index (χ1n) is 8.20. The normalized spacial score (nSPS) is 14.7. The molecule has 0 radical (unpaired) electrons. The molecule has 0 aliphatic carbocycles. The first kappa shape index (κ1) is 19.0. The Bertz CT molecular complexity index is 594. The summed E-state index contributed by atoms with van der Waals surface area (Å²) < 4.78 is 10.3. The third-order valence-corrected chi connectivity index (χ3v) is 3.89. The summed E-state index contributed by atoms with van der Waals surface area (Å²) in [5.41, 5.74) is 2.01. The highest BCUT2D eigenvalue weighted by molar-refractivity contribution is 5.93. The summed E-state index contributed by atoms with van der Waals surface area (Å²) in [6, 6.07) is 7.89. The lowest BCUT2D eigenvalue weighted by Crippen LogP contribution is -2.36. The van der Waals surface area contributed by atoms with Crippen molar-refractivity contribution in [1.82, 2.24) is 4.90 Å². The number of amides is 1. The number of ether oxygens (including phenoxy) is 2. The van der Waals surface area contributed by atoms with Crippen molar-refractivity contribution in [1.29, 1.82) is 0 Å². The maximum Gasteiger partial charge on any atom is 0.323 e. The van der Waals surface area contributed by atoms with Crippen LogP contribution < -0.4 is 4.90 Å². The average molecular weight is 348 g/mol. The fraction of sp³-hybridized carbons (Fsp3) is 0.444. The van der Waals surface area contributed by atoms with Crippen LogP contribution in [0.1, 0.15) is 5.56 Å². The van der Waals surface area contributed by atoms with E-state index in [0.717, 1.165) is 37.6 Å². The number of hydrogen-bond donors (Lipinski definition) is 1. The van der Waals surface area contributed by atoms with Crippen molar-refractivity contribution in [2.75, 3.05) is 58.0 Å². The van der Waals surface area contributed by atoms with Crippen LogP contribution in [0.5, 0.6) is 0 Å². The number of benzene rings is 1. The van der Waals surface area contributed by atoms with Crippen LogP contribution in [0, 0.1) is 0 Å². The Morgan fingerprint density at radius 3 is 2.56 bits per heavy atom. The topological polar surface area (TPSA) is 79.3 Å². The molecular weight excluding hydrogens is 324 g/mol. The van der Waals surface area contributed by atoms with Gasteiger partial charge < -0.3 is 24.4 Å². The minimum Gasteiger partial charge on any atom is -0.480 e. The van der Waals surface area contributed by atoms with E-state index in [1.165, 1.54) is 18.1 Å². The summed E-state index contributed by atoms with van der Waals surface area (Å²) in [6.45, 7) is 3.40. The highest BCUT2D eigenvalue weighted by Crippen LogP contribution is 2.17. The molecule has 1 N–H and O–H groups in total. The second-order valence-corrected chi connectivity index (χ2v) is 5.67. The van der Waals surface area contributed by atoms with E-state index in [2.05, 4.69) is 4.90 Å². The average Bonchev–Trinajstić information content (AvgIpc) is 2.64. The van der Waals surface area contributed by atoms with Crippen molar-refractivity contribution in [2.45, 2.75) is 0 Å². The predicted octanol–water partition coefficient (Wildman–Crippen LogP) is 1.10. The molecule has 1 aromatic carbocycles. The molecule has 1 heterocycles. The van der Waals surface area contributed by atoms with E-state index in [4.69, 9.17) is 14.6 Å². The monoisotopic (exact) mass is 348 g/mol. The molecule has 0 atom stereocenters. The van der Waals surface area contributed by atoms with E-state index in [0.29, 0.717) is 6.61 Å². The van der Waals surface area contributed by atoms with Crippen LogP contribution >= 0.6 is 0 Å². The fourth-order valence-corrected chi connectivity index (χ4v) is 2.52. The van der Waals surface area contributed by atoms with E-state index >= 15 is 0 Å². The van der Waals surface area contributed by atoms with Gasteiger partial charge >= 0.3 is 5.97 Å². The number of rotatable bonds is 8. The van der Waals surface area contributed by atoms with Crippen LogP contribution in [-0.4, -0.2) is 75.0 Å². The Kier molecular flexibility index (Phi) is 7.43. The van der Waals surface area contributed by atoms with Crippen molar-refractivity contribution in [3.05, 3.63) is 35.9 Å². The van der Waals surface area contributed by atoms with Crippen LogP contribution in [0.25, 0.3) is 6.08 Å². The highest BCUT2D eigenvalue weighted by atomic mass is 16.5. The molecule has 1 fully saturated rings. The van der Waals surface area contributed by atoms with Crippen LogP contribution in [0.3, 0.4) is 0 Å². The lowest BCUT2D eigenvalue weighted by molar-refractivity contribution is -0.143. The minimum atomic E-state index is -1.05. The second kappa shape index (κ2) is 9.80. The van der Waals surface area contributed by atoms with Gasteiger partial charge in [-0.05, 0) is 23.8 Å². The number of hydrogen-bond acceptors (Lipinski definition) is 5. The third-order valence-electron chi connectivity index (χ3n) is 3.89. The highest BCUT2D eigenvalue weighted by Gasteiger charge is 2.14. The number of carbonyl (C=O) groups is 2. The Labute approximate surface area is 147 Å². The minimum absolute atomic E-state index is 0.238. The molecule has 1 aliphatic rings. The molecule has 136 valence electrons. The molecule has 0 bridgehead atoms. The molecular formula is C18H24N2O5. The molecule has 1 amide bonds. The maximum atomic E-state index is 12.2. The van der Waals surface area contributed by atoms with Crippen LogP contribution in [0.2, 0.25) is 0 Å². The van der Waals surface area contributed by atoms with Crippen LogP contribution in [0.4, 0.5) is 5.69 Å². The van der Waals surface area contributed by atoms with Gasteiger partial charge in [-0.15, -0.1) is 0 Å². The van der Waals surface area contributed by atoms with Crippen molar-refractivity contribution in [3.8, 4) is 0 Å². The van der Waals surface area contributed by atoms with Gasteiger partial charge in [0.15, 0.2) is 0 Å². The van der Waals surface area contributed by atoms with Gasteiger partial charge in [0.2, 0.25) is 5.91 Å². The quantitative estimate of drug-likeness (QED) is 0.709. The number of nitrogens with zero attached hydrogens (tertiary/aromatic N) is 2. The smallest absolute Gasteiger partial charge is 0.323 e. The molecule has 0 spiro atoms. The van der Waals surface area contributed by atoms with Gasteiger partial charge in [-0.3, -0.25) is 9.59 Å². The number of anilines is 1. The lowest BCUT2D eigenvalue weighted by atomic mass is 10.1. The summed E-state index contributed by atoms with van der Waals surface area (Å²) in [6.07, 6.45) is 3.08. The van der Waals surface area contributed by atoms with Crippen molar-refractivity contribution in [2.24, 2.45) is 0 Å². The fourth-order valence-electron chi connectivity index (χ4n) is 2.52. The Hall–Kier alpha value is -2.38. The largest absolute Gasteiger partial charge is 0.480 e. The first-order valence-corrected chi connectivity index (χ1v) is 8.20. The molecule has 1 aromatic rings. The van der Waals surface area contributed by atoms with Gasteiger partial charge in [-0.2, -0.15) is 0 Å². The van der Waals surface area contributed by atoms with E-state index in [1.807, 2.05) is 24.3 Å². The predicted molar refractivity (Wildman–Crippen MR) is 94.6 cm³/mol. The van der Waals surface area contributed by atoms with Gasteiger partial charge in [-0.1, -0.05) is 12.1 Å². The van der Waals surface area contributed by atoms with Gasteiger partial charge in [0, 0.05) is 38.5 Å². The number of aliphatic carboxylic acids is 1. The third kappa shape index (κ3) is 6.21. The zero-order chi connectivity index (χ0) is 18.1. The summed E-state index contributed by atoms with van der Waals surface area (Å²) in [7, 11) is 1.51. The summed E-state index contributed by atoms with van der Waals surface area (Å²) in [5, 5.41) is 8.90. The van der Waals surface area contributed by atoms with Crippen molar-refractivity contribution < 1.29 is 24.2 Å². The number of methoxy groups -OCH3 is 1. The zero-order valence-corrected chi connectivity index (χ0v) is 14.4. The standard InChI is InChI=1S/C18H24N2O5/c1-24-11-8-20(14-18(22)23)17(21)7-4-15-2-5-16(6-3-15)19-9-12-25-13-10-19/h2-7H,8-14H2,1H3,(H,22,23)/b7-4+. The number of carboxylic acid groups (broad SMARTS) is 1. The summed E-state index contributed by atoms with van der Waals surface area (Å²) in [4.78, 5) is 26.5. The second-order valence-electron chi connectivity index (χ2n) is 5.67. The molecule has 0 saturated carbocycles. The van der Waals surface area contributed by atoms with Gasteiger partial charge in [0.25, 0.3) is 0 Å². The van der Waals surface area contributed by atoms with E-state index in [-0.39, 0.29) is 19.0 Å². The maximum absolute atomic E-state index is 12.2. The van der Waals surface area contributed by atoms with E-state index in [1.54, 1.807) is 6.08 Å². The molecule has 7 nitrogen and oxygen atoms in total. The first-order chi connectivity index (χ1) is 12.1. The molecule has 0 unspecified atom stereocenters. The Balaban J connectivity index is 1.96. The molecule has 2 rings (SSSR count). The van der Waals surface area contributed by atoms with Gasteiger partial charge in [-0.25, -0.2) is 0 Å². The number of morpholine rings is 1. The Morgan fingerprint density at radius 2 is 1.96 bits per heavy atom. The Morgan fingerprint density at radius 1 is 1.28 bits per heavy atom. The zero-order valence-electron chi connectivity index (χ0n) is 14.4. The van der Waals surface area contributed by atoms with E-state index in [9.17, 15) is 9.59 Å². The van der Waals surface area contributed by atoms with Crippen LogP contribution in [0.15, 0.2) is 30.3 Å². The summed E-state index contributed by atoms with van der Waals surface area (Å²) >= 11 is 0.